The van der Waals surface area contributed by atoms with Crippen LogP contribution < -0.4 is 5.73 Å². The highest BCUT2D eigenvalue weighted by atomic mass is 16.5. The summed E-state index contributed by atoms with van der Waals surface area (Å²) in [5, 5.41) is 9.25. The molecule has 0 heterocycles. The van der Waals surface area contributed by atoms with Crippen molar-refractivity contribution in [2.45, 2.75) is 57.6 Å². The first-order valence-corrected chi connectivity index (χ1v) is 7.84. The Morgan fingerprint density at radius 1 is 1.33 bits per heavy atom. The number of nitrogens with two attached hydrogens (primary N) is 1. The van der Waals surface area contributed by atoms with E-state index < -0.39 is 6.04 Å². The zero-order valence-corrected chi connectivity index (χ0v) is 12.6. The van der Waals surface area contributed by atoms with E-state index in [-0.39, 0.29) is 17.8 Å². The molecule has 1 fully saturated rings. The van der Waals surface area contributed by atoms with Gasteiger partial charge in [0.15, 0.2) is 0 Å². The molecule has 0 bridgehead atoms. The summed E-state index contributed by atoms with van der Waals surface area (Å²) < 4.78 is 5.64. The molecule has 1 saturated carbocycles. The third kappa shape index (κ3) is 4.46. The van der Waals surface area contributed by atoms with Gasteiger partial charge < -0.3 is 15.6 Å². The first-order valence-electron chi connectivity index (χ1n) is 7.84. The standard InChI is InChI=1S/C17H25NO3/c1-2-13-5-3-4-6-16(13)21-17(20)15(18)11-12-7-9-14(19)10-8-12/h7-10,13,15-16,19H,2-6,11,18H2,1H3. The van der Waals surface area contributed by atoms with Crippen LogP contribution in [0.1, 0.15) is 44.6 Å². The maximum Gasteiger partial charge on any atom is 0.323 e. The Kier molecular flexibility index (Phi) is 5.62. The number of benzene rings is 1. The van der Waals surface area contributed by atoms with Crippen molar-refractivity contribution in [1.29, 1.82) is 0 Å². The fraction of sp³-hybridized carbons (Fsp3) is 0.588. The Labute approximate surface area is 126 Å². The third-order valence-corrected chi connectivity index (χ3v) is 4.33. The van der Waals surface area contributed by atoms with Gasteiger partial charge in [-0.25, -0.2) is 0 Å². The van der Waals surface area contributed by atoms with Gasteiger partial charge in [0.25, 0.3) is 0 Å². The number of aromatic hydroxyl groups is 1. The highest BCUT2D eigenvalue weighted by Gasteiger charge is 2.28. The van der Waals surface area contributed by atoms with Crippen LogP contribution in [-0.2, 0) is 16.0 Å². The molecule has 0 spiro atoms. The molecule has 4 heteroatoms. The average Bonchev–Trinajstić information content (AvgIpc) is 2.50. The van der Waals surface area contributed by atoms with Crippen LogP contribution in [0, 0.1) is 5.92 Å². The molecule has 2 rings (SSSR count). The summed E-state index contributed by atoms with van der Waals surface area (Å²) in [4.78, 5) is 12.1. The molecule has 1 aliphatic rings. The second-order valence-corrected chi connectivity index (χ2v) is 5.91. The number of hydrogen-bond donors (Lipinski definition) is 2. The number of ether oxygens (including phenoxy) is 1. The van der Waals surface area contributed by atoms with Crippen molar-refractivity contribution in [2.75, 3.05) is 0 Å². The van der Waals surface area contributed by atoms with E-state index in [4.69, 9.17) is 10.5 Å². The maximum atomic E-state index is 12.1. The predicted octanol–water partition coefficient (Wildman–Crippen LogP) is 2.77. The SMILES string of the molecule is CCC1CCCCC1OC(=O)C(N)Cc1ccc(O)cc1. The molecule has 3 unspecified atom stereocenters. The van der Waals surface area contributed by atoms with Gasteiger partial charge in [-0.05, 0) is 55.7 Å². The van der Waals surface area contributed by atoms with Crippen LogP contribution in [0.3, 0.4) is 0 Å². The van der Waals surface area contributed by atoms with Crippen LogP contribution in [0.25, 0.3) is 0 Å². The quantitative estimate of drug-likeness (QED) is 0.818. The van der Waals surface area contributed by atoms with Gasteiger partial charge in [0, 0.05) is 0 Å². The van der Waals surface area contributed by atoms with Crippen molar-refractivity contribution in [1.82, 2.24) is 0 Å². The molecule has 0 radical (unpaired) electrons. The Morgan fingerprint density at radius 3 is 2.67 bits per heavy atom. The molecular weight excluding hydrogens is 266 g/mol. The Balaban J connectivity index is 1.88. The van der Waals surface area contributed by atoms with Crippen molar-refractivity contribution in [3.63, 3.8) is 0 Å². The van der Waals surface area contributed by atoms with E-state index in [2.05, 4.69) is 6.92 Å². The summed E-state index contributed by atoms with van der Waals surface area (Å²) in [6.07, 6.45) is 5.96. The van der Waals surface area contributed by atoms with Gasteiger partial charge in [0.1, 0.15) is 17.9 Å². The number of phenols is 1. The number of carbonyl (C=O) groups excluding carboxylic acids is 1. The minimum absolute atomic E-state index is 0.0297. The van der Waals surface area contributed by atoms with Crippen LogP contribution in [-0.4, -0.2) is 23.2 Å². The summed E-state index contributed by atoms with van der Waals surface area (Å²) in [5.74, 6) is 0.375. The van der Waals surface area contributed by atoms with E-state index >= 15 is 0 Å². The molecule has 1 aromatic carbocycles. The van der Waals surface area contributed by atoms with Gasteiger partial charge in [-0.1, -0.05) is 25.5 Å². The van der Waals surface area contributed by atoms with Gasteiger partial charge in [-0.15, -0.1) is 0 Å². The lowest BCUT2D eigenvalue weighted by Gasteiger charge is -2.31. The van der Waals surface area contributed by atoms with Crippen LogP contribution >= 0.6 is 0 Å². The summed E-state index contributed by atoms with van der Waals surface area (Å²) >= 11 is 0. The van der Waals surface area contributed by atoms with E-state index in [1.807, 2.05) is 0 Å². The van der Waals surface area contributed by atoms with E-state index in [0.717, 1.165) is 31.2 Å². The molecule has 3 N–H and O–H groups in total. The normalized spacial score (nSPS) is 23.5. The zero-order valence-electron chi connectivity index (χ0n) is 12.6. The average molecular weight is 291 g/mol. The topological polar surface area (TPSA) is 72.5 Å². The van der Waals surface area contributed by atoms with Crippen LogP contribution in [0.5, 0.6) is 5.75 Å². The van der Waals surface area contributed by atoms with E-state index in [0.29, 0.717) is 12.3 Å². The largest absolute Gasteiger partial charge is 0.508 e. The monoisotopic (exact) mass is 291 g/mol. The Hall–Kier alpha value is -1.55. The molecule has 4 nitrogen and oxygen atoms in total. The summed E-state index contributed by atoms with van der Waals surface area (Å²) in [7, 11) is 0. The highest BCUT2D eigenvalue weighted by Crippen LogP contribution is 2.29. The minimum atomic E-state index is -0.644. The number of carbonyl (C=O) groups is 1. The molecule has 0 saturated heterocycles. The number of hydrogen-bond acceptors (Lipinski definition) is 4. The van der Waals surface area contributed by atoms with Gasteiger partial charge in [-0.2, -0.15) is 0 Å². The fourth-order valence-electron chi connectivity index (χ4n) is 3.00. The van der Waals surface area contributed by atoms with Crippen LogP contribution in [0.2, 0.25) is 0 Å². The molecule has 1 aromatic rings. The molecule has 0 amide bonds. The molecule has 3 atom stereocenters. The predicted molar refractivity (Wildman–Crippen MR) is 81.9 cm³/mol. The van der Waals surface area contributed by atoms with Gasteiger partial charge in [0.2, 0.25) is 0 Å². The van der Waals surface area contributed by atoms with E-state index in [9.17, 15) is 9.90 Å². The molecule has 0 aliphatic heterocycles. The number of esters is 1. The lowest BCUT2D eigenvalue weighted by Crippen LogP contribution is -2.39. The molecule has 0 aromatic heterocycles. The fourth-order valence-corrected chi connectivity index (χ4v) is 3.00. The number of rotatable bonds is 5. The van der Waals surface area contributed by atoms with Crippen molar-refractivity contribution in [3.05, 3.63) is 29.8 Å². The second-order valence-electron chi connectivity index (χ2n) is 5.91. The van der Waals surface area contributed by atoms with E-state index in [1.165, 1.54) is 6.42 Å². The molecular formula is C17H25NO3. The van der Waals surface area contributed by atoms with Crippen molar-refractivity contribution < 1.29 is 14.6 Å². The third-order valence-electron chi connectivity index (χ3n) is 4.33. The smallest absolute Gasteiger partial charge is 0.323 e. The Bertz CT molecular complexity index is 458. The van der Waals surface area contributed by atoms with Gasteiger partial charge >= 0.3 is 5.97 Å². The summed E-state index contributed by atoms with van der Waals surface area (Å²) in [6.45, 7) is 2.15. The number of phenolic OH excluding ortho intramolecular Hbond substituents is 1. The first-order chi connectivity index (χ1) is 10.1. The zero-order chi connectivity index (χ0) is 15.2. The van der Waals surface area contributed by atoms with Crippen LogP contribution in [0.15, 0.2) is 24.3 Å². The van der Waals surface area contributed by atoms with E-state index in [1.54, 1.807) is 24.3 Å². The Morgan fingerprint density at radius 2 is 2.00 bits per heavy atom. The van der Waals surface area contributed by atoms with Crippen molar-refractivity contribution in [2.24, 2.45) is 11.7 Å². The summed E-state index contributed by atoms with van der Waals surface area (Å²) in [5.41, 5.74) is 6.88. The second kappa shape index (κ2) is 7.46. The molecule has 1 aliphatic carbocycles. The van der Waals surface area contributed by atoms with Crippen molar-refractivity contribution >= 4 is 5.97 Å². The van der Waals surface area contributed by atoms with Crippen LogP contribution in [0.4, 0.5) is 0 Å². The van der Waals surface area contributed by atoms with Gasteiger partial charge in [-0.3, -0.25) is 4.79 Å². The maximum absolute atomic E-state index is 12.1. The summed E-state index contributed by atoms with van der Waals surface area (Å²) in [6, 6.07) is 6.10. The lowest BCUT2D eigenvalue weighted by atomic mass is 9.85. The van der Waals surface area contributed by atoms with Crippen molar-refractivity contribution in [3.8, 4) is 5.75 Å². The molecule has 21 heavy (non-hydrogen) atoms. The minimum Gasteiger partial charge on any atom is -0.508 e. The van der Waals surface area contributed by atoms with Gasteiger partial charge in [0.05, 0.1) is 0 Å². The molecule has 116 valence electrons. The lowest BCUT2D eigenvalue weighted by molar-refractivity contribution is -0.155. The highest BCUT2D eigenvalue weighted by molar-refractivity contribution is 5.76. The first kappa shape index (κ1) is 15.8.